The van der Waals surface area contributed by atoms with Crippen molar-refractivity contribution in [2.75, 3.05) is 18.8 Å². The minimum absolute atomic E-state index is 0.160. The summed E-state index contributed by atoms with van der Waals surface area (Å²) < 4.78 is 0. The van der Waals surface area contributed by atoms with Gasteiger partial charge in [-0.25, -0.2) is 0 Å². The van der Waals surface area contributed by atoms with Crippen molar-refractivity contribution in [1.82, 2.24) is 4.90 Å². The molecule has 132 valence electrons. The second-order valence-corrected chi connectivity index (χ2v) is 8.13. The number of hydrogen-bond acceptors (Lipinski definition) is 2. The number of carbonyl (C=O) groups is 1. The smallest absolute Gasteiger partial charge is 0.254 e. The number of carbonyl (C=O) groups excluding carboxylic acids is 1. The zero-order chi connectivity index (χ0) is 17.9. The molecule has 3 aromatic carbocycles. The number of amides is 1. The van der Waals surface area contributed by atoms with Crippen LogP contribution in [-0.2, 0) is 0 Å². The van der Waals surface area contributed by atoms with Crippen LogP contribution < -0.4 is 0 Å². The van der Waals surface area contributed by atoms with Crippen molar-refractivity contribution in [3.63, 3.8) is 0 Å². The number of hydrogen-bond donors (Lipinski definition) is 0. The molecule has 0 bridgehead atoms. The molecule has 26 heavy (non-hydrogen) atoms. The summed E-state index contributed by atoms with van der Waals surface area (Å²) in [6, 6.07) is 22.8. The maximum absolute atomic E-state index is 13.2. The number of benzene rings is 3. The van der Waals surface area contributed by atoms with Crippen molar-refractivity contribution in [3.8, 4) is 0 Å². The summed E-state index contributed by atoms with van der Waals surface area (Å²) in [6.07, 6.45) is 1.01. The third kappa shape index (κ3) is 3.36. The van der Waals surface area contributed by atoms with Gasteiger partial charge < -0.3 is 4.90 Å². The second kappa shape index (κ2) is 7.55. The molecule has 0 radical (unpaired) electrons. The standard InChI is InChI=1S/C23H23NOS/c1-17-7-2-4-10-19(17)22-13-14-24(15-16-26-22)23(25)21-12-6-9-18-8-3-5-11-20(18)21/h2-12,22H,13-16H2,1H3/t22-/m1/s1. The molecule has 1 saturated heterocycles. The van der Waals surface area contributed by atoms with Crippen LogP contribution in [0.1, 0.15) is 33.2 Å². The van der Waals surface area contributed by atoms with Gasteiger partial charge in [0.1, 0.15) is 0 Å². The van der Waals surface area contributed by atoms with Crippen molar-refractivity contribution < 1.29 is 4.79 Å². The molecular formula is C23H23NOS. The number of nitrogens with zero attached hydrogens (tertiary/aromatic N) is 1. The fraction of sp³-hybridized carbons (Fsp3) is 0.261. The van der Waals surface area contributed by atoms with Gasteiger partial charge >= 0.3 is 0 Å². The topological polar surface area (TPSA) is 20.3 Å². The van der Waals surface area contributed by atoms with Gasteiger partial charge in [0.15, 0.2) is 0 Å². The maximum Gasteiger partial charge on any atom is 0.254 e. The average molecular weight is 362 g/mol. The zero-order valence-corrected chi connectivity index (χ0v) is 15.8. The van der Waals surface area contributed by atoms with Crippen LogP contribution in [0, 0.1) is 6.92 Å². The normalized spacial score (nSPS) is 17.9. The van der Waals surface area contributed by atoms with Gasteiger partial charge in [-0.15, -0.1) is 0 Å². The minimum atomic E-state index is 0.160. The quantitative estimate of drug-likeness (QED) is 0.603. The Balaban J connectivity index is 1.55. The molecule has 1 heterocycles. The predicted molar refractivity (Wildman–Crippen MR) is 111 cm³/mol. The van der Waals surface area contributed by atoms with Gasteiger partial charge in [-0.2, -0.15) is 11.8 Å². The molecule has 3 aromatic rings. The first-order valence-corrected chi connectivity index (χ1v) is 10.2. The molecule has 1 aliphatic rings. The molecule has 0 aromatic heterocycles. The monoisotopic (exact) mass is 361 g/mol. The van der Waals surface area contributed by atoms with E-state index in [4.69, 9.17) is 0 Å². The molecule has 0 spiro atoms. The van der Waals surface area contributed by atoms with Gasteiger partial charge in [0.25, 0.3) is 5.91 Å². The zero-order valence-electron chi connectivity index (χ0n) is 15.0. The highest BCUT2D eigenvalue weighted by atomic mass is 32.2. The van der Waals surface area contributed by atoms with Crippen LogP contribution in [0.4, 0.5) is 0 Å². The van der Waals surface area contributed by atoms with E-state index < -0.39 is 0 Å². The number of fused-ring (bicyclic) bond motifs is 1. The Morgan fingerprint density at radius 3 is 2.62 bits per heavy atom. The SMILES string of the molecule is Cc1ccccc1[C@H]1CCN(C(=O)c2cccc3ccccc23)CCS1. The van der Waals surface area contributed by atoms with Crippen molar-refractivity contribution in [2.45, 2.75) is 18.6 Å². The van der Waals surface area contributed by atoms with Crippen LogP contribution in [0.2, 0.25) is 0 Å². The lowest BCUT2D eigenvalue weighted by atomic mass is 10.0. The average Bonchev–Trinajstić information content (AvgIpc) is 2.93. The Bertz CT molecular complexity index is 931. The van der Waals surface area contributed by atoms with Crippen molar-refractivity contribution >= 4 is 28.4 Å². The third-order valence-electron chi connectivity index (χ3n) is 5.18. The first-order valence-electron chi connectivity index (χ1n) is 9.18. The highest BCUT2D eigenvalue weighted by Crippen LogP contribution is 2.36. The van der Waals surface area contributed by atoms with Gasteiger partial charge in [0, 0.05) is 29.7 Å². The lowest BCUT2D eigenvalue weighted by Gasteiger charge is -2.21. The third-order valence-corrected chi connectivity index (χ3v) is 6.49. The van der Waals surface area contributed by atoms with E-state index in [1.807, 2.05) is 47.0 Å². The van der Waals surface area contributed by atoms with Gasteiger partial charge in [0.2, 0.25) is 0 Å². The van der Waals surface area contributed by atoms with E-state index in [2.05, 4.69) is 43.3 Å². The highest BCUT2D eigenvalue weighted by Gasteiger charge is 2.24. The molecule has 4 rings (SSSR count). The van der Waals surface area contributed by atoms with Crippen LogP contribution in [-0.4, -0.2) is 29.6 Å². The second-order valence-electron chi connectivity index (χ2n) is 6.82. The van der Waals surface area contributed by atoms with Gasteiger partial charge in [0.05, 0.1) is 0 Å². The summed E-state index contributed by atoms with van der Waals surface area (Å²) in [6.45, 7) is 3.81. The maximum atomic E-state index is 13.2. The van der Waals surface area contributed by atoms with Gasteiger partial charge in [-0.05, 0) is 41.3 Å². The number of thioether (sulfide) groups is 1. The molecule has 0 aliphatic carbocycles. The summed E-state index contributed by atoms with van der Waals surface area (Å²) >= 11 is 1.98. The Kier molecular flexibility index (Phi) is 4.98. The number of rotatable bonds is 2. The summed E-state index contributed by atoms with van der Waals surface area (Å²) in [4.78, 5) is 15.2. The van der Waals surface area contributed by atoms with E-state index >= 15 is 0 Å². The van der Waals surface area contributed by atoms with Crippen LogP contribution >= 0.6 is 11.8 Å². The van der Waals surface area contributed by atoms with Crippen LogP contribution in [0.25, 0.3) is 10.8 Å². The largest absolute Gasteiger partial charge is 0.338 e. The lowest BCUT2D eigenvalue weighted by Crippen LogP contribution is -2.33. The molecule has 0 N–H and O–H groups in total. The molecular weight excluding hydrogens is 338 g/mol. The van der Waals surface area contributed by atoms with E-state index in [0.717, 1.165) is 41.6 Å². The molecule has 1 fully saturated rings. The van der Waals surface area contributed by atoms with E-state index in [9.17, 15) is 4.79 Å². The lowest BCUT2D eigenvalue weighted by molar-refractivity contribution is 0.0768. The van der Waals surface area contributed by atoms with E-state index in [1.54, 1.807) is 0 Å². The Labute approximate surface area is 159 Å². The van der Waals surface area contributed by atoms with Crippen LogP contribution in [0.15, 0.2) is 66.7 Å². The molecule has 1 atom stereocenters. The Morgan fingerprint density at radius 1 is 0.962 bits per heavy atom. The van der Waals surface area contributed by atoms with E-state index in [0.29, 0.717) is 5.25 Å². The fourth-order valence-corrected chi connectivity index (χ4v) is 5.08. The minimum Gasteiger partial charge on any atom is -0.338 e. The molecule has 3 heteroatoms. The summed E-state index contributed by atoms with van der Waals surface area (Å²) in [5.41, 5.74) is 3.58. The van der Waals surface area contributed by atoms with Gasteiger partial charge in [-0.3, -0.25) is 4.79 Å². The molecule has 0 unspecified atom stereocenters. The van der Waals surface area contributed by atoms with Crippen molar-refractivity contribution in [1.29, 1.82) is 0 Å². The van der Waals surface area contributed by atoms with E-state index in [1.165, 1.54) is 11.1 Å². The van der Waals surface area contributed by atoms with Crippen molar-refractivity contribution in [3.05, 3.63) is 83.4 Å². The molecule has 1 amide bonds. The Hall–Kier alpha value is -2.26. The van der Waals surface area contributed by atoms with E-state index in [-0.39, 0.29) is 5.91 Å². The molecule has 2 nitrogen and oxygen atoms in total. The summed E-state index contributed by atoms with van der Waals surface area (Å²) in [5.74, 6) is 1.14. The summed E-state index contributed by atoms with van der Waals surface area (Å²) in [5, 5.41) is 2.65. The molecule has 0 saturated carbocycles. The van der Waals surface area contributed by atoms with Crippen LogP contribution in [0.5, 0.6) is 0 Å². The van der Waals surface area contributed by atoms with Crippen molar-refractivity contribution in [2.24, 2.45) is 0 Å². The highest BCUT2D eigenvalue weighted by molar-refractivity contribution is 7.99. The summed E-state index contributed by atoms with van der Waals surface area (Å²) in [7, 11) is 0. The number of aryl methyl sites for hydroxylation is 1. The fourth-order valence-electron chi connectivity index (χ4n) is 3.75. The molecule has 1 aliphatic heterocycles. The first kappa shape index (κ1) is 17.2. The van der Waals surface area contributed by atoms with Gasteiger partial charge in [-0.1, -0.05) is 60.7 Å². The Morgan fingerprint density at radius 2 is 1.73 bits per heavy atom. The first-order chi connectivity index (χ1) is 12.7. The predicted octanol–water partition coefficient (Wildman–Crippen LogP) is 5.47. The van der Waals surface area contributed by atoms with Crippen LogP contribution in [0.3, 0.4) is 0 Å².